The average Bonchev–Trinajstić information content (AvgIpc) is 2.18. The summed E-state index contributed by atoms with van der Waals surface area (Å²) < 4.78 is 4.45. The van der Waals surface area contributed by atoms with Crippen LogP contribution in [0.25, 0.3) is 0 Å². The molecular weight excluding hydrogens is 182 g/mol. The van der Waals surface area contributed by atoms with Crippen LogP contribution in [0.1, 0.15) is 26.2 Å². The number of rotatable bonds is 2. The van der Waals surface area contributed by atoms with Crippen molar-refractivity contribution in [2.24, 2.45) is 5.92 Å². The Morgan fingerprint density at radius 1 is 1.36 bits per heavy atom. The summed E-state index contributed by atoms with van der Waals surface area (Å²) in [7, 11) is 1.30. The number of likely N-dealkylation sites (tertiary alicyclic amines) is 1. The number of hydrogen-bond acceptors (Lipinski definition) is 3. The molecule has 1 aliphatic heterocycles. The van der Waals surface area contributed by atoms with Gasteiger partial charge in [-0.2, -0.15) is 0 Å². The summed E-state index contributed by atoms with van der Waals surface area (Å²) in [4.78, 5) is 24.1. The van der Waals surface area contributed by atoms with Gasteiger partial charge < -0.3 is 9.64 Å². The molecule has 0 radical (unpaired) electrons. The molecule has 4 nitrogen and oxygen atoms in total. The number of methoxy groups -OCH3 is 1. The van der Waals surface area contributed by atoms with E-state index in [2.05, 4.69) is 11.7 Å². The van der Waals surface area contributed by atoms with Crippen molar-refractivity contribution in [1.29, 1.82) is 0 Å². The van der Waals surface area contributed by atoms with Crippen LogP contribution in [0.5, 0.6) is 0 Å². The van der Waals surface area contributed by atoms with Gasteiger partial charge in [0.1, 0.15) is 6.42 Å². The first kappa shape index (κ1) is 11.0. The zero-order valence-corrected chi connectivity index (χ0v) is 8.78. The molecule has 1 rings (SSSR count). The quantitative estimate of drug-likeness (QED) is 0.488. The lowest BCUT2D eigenvalue weighted by atomic mass is 9.99. The van der Waals surface area contributed by atoms with E-state index >= 15 is 0 Å². The van der Waals surface area contributed by atoms with E-state index in [4.69, 9.17) is 0 Å². The van der Waals surface area contributed by atoms with Crippen LogP contribution in [0.2, 0.25) is 0 Å². The first-order valence-corrected chi connectivity index (χ1v) is 4.98. The van der Waals surface area contributed by atoms with E-state index in [1.165, 1.54) is 7.11 Å². The predicted octanol–water partition coefficient (Wildman–Crippen LogP) is 0.808. The molecule has 0 atom stereocenters. The molecule has 1 amide bonds. The van der Waals surface area contributed by atoms with Gasteiger partial charge in [-0.05, 0) is 18.8 Å². The molecule has 1 saturated heterocycles. The lowest BCUT2D eigenvalue weighted by Crippen LogP contribution is -2.38. The molecule has 0 aromatic rings. The van der Waals surface area contributed by atoms with Crippen LogP contribution >= 0.6 is 0 Å². The highest BCUT2D eigenvalue weighted by atomic mass is 16.5. The molecule has 80 valence electrons. The van der Waals surface area contributed by atoms with Crippen LogP contribution in [0.4, 0.5) is 0 Å². The maximum Gasteiger partial charge on any atom is 0.315 e. The van der Waals surface area contributed by atoms with Gasteiger partial charge in [0, 0.05) is 13.1 Å². The van der Waals surface area contributed by atoms with Gasteiger partial charge in [0.2, 0.25) is 5.91 Å². The Kier molecular flexibility index (Phi) is 3.92. The Morgan fingerprint density at radius 2 is 1.93 bits per heavy atom. The van der Waals surface area contributed by atoms with Gasteiger partial charge >= 0.3 is 5.97 Å². The standard InChI is InChI=1S/C10H17NO3/c1-8-3-5-11(6-4-8)9(12)7-10(13)14-2/h8H,3-7H2,1-2H3. The number of amides is 1. The maximum atomic E-state index is 11.5. The summed E-state index contributed by atoms with van der Waals surface area (Å²) in [5.41, 5.74) is 0. The molecule has 0 aromatic heterocycles. The van der Waals surface area contributed by atoms with Crippen LogP contribution in [-0.2, 0) is 14.3 Å². The summed E-state index contributed by atoms with van der Waals surface area (Å²) in [5.74, 6) is 0.134. The molecule has 0 aromatic carbocycles. The van der Waals surface area contributed by atoms with E-state index < -0.39 is 5.97 Å². The third kappa shape index (κ3) is 3.01. The molecule has 0 aliphatic carbocycles. The molecule has 0 saturated carbocycles. The molecule has 0 N–H and O–H groups in total. The number of carbonyl (C=O) groups is 2. The van der Waals surface area contributed by atoms with Crippen LogP contribution in [0.15, 0.2) is 0 Å². The first-order valence-electron chi connectivity index (χ1n) is 4.98. The number of carbonyl (C=O) groups excluding carboxylic acids is 2. The van der Waals surface area contributed by atoms with E-state index in [-0.39, 0.29) is 12.3 Å². The van der Waals surface area contributed by atoms with Crippen molar-refractivity contribution >= 4 is 11.9 Å². The van der Waals surface area contributed by atoms with Crippen molar-refractivity contribution < 1.29 is 14.3 Å². The van der Waals surface area contributed by atoms with E-state index in [1.54, 1.807) is 4.90 Å². The van der Waals surface area contributed by atoms with E-state index in [1.807, 2.05) is 0 Å². The molecule has 0 spiro atoms. The third-order valence-corrected chi connectivity index (χ3v) is 2.66. The predicted molar refractivity (Wildman–Crippen MR) is 51.6 cm³/mol. The molecule has 0 bridgehead atoms. The maximum absolute atomic E-state index is 11.5. The highest BCUT2D eigenvalue weighted by Crippen LogP contribution is 2.16. The number of nitrogens with zero attached hydrogens (tertiary/aromatic N) is 1. The van der Waals surface area contributed by atoms with Crippen LogP contribution in [-0.4, -0.2) is 37.0 Å². The number of ether oxygens (including phenoxy) is 1. The lowest BCUT2D eigenvalue weighted by molar-refractivity contribution is -0.147. The van der Waals surface area contributed by atoms with Gasteiger partial charge in [0.25, 0.3) is 0 Å². The van der Waals surface area contributed by atoms with Gasteiger partial charge in [-0.3, -0.25) is 9.59 Å². The van der Waals surface area contributed by atoms with Crippen molar-refractivity contribution in [3.63, 3.8) is 0 Å². The van der Waals surface area contributed by atoms with Crippen molar-refractivity contribution in [3.05, 3.63) is 0 Å². The van der Waals surface area contributed by atoms with E-state index in [9.17, 15) is 9.59 Å². The zero-order valence-electron chi connectivity index (χ0n) is 8.78. The zero-order chi connectivity index (χ0) is 10.6. The molecule has 0 unspecified atom stereocenters. The molecule has 1 heterocycles. The minimum Gasteiger partial charge on any atom is -0.469 e. The van der Waals surface area contributed by atoms with Crippen molar-refractivity contribution in [1.82, 2.24) is 4.90 Å². The van der Waals surface area contributed by atoms with Gasteiger partial charge in [0.05, 0.1) is 7.11 Å². The van der Waals surface area contributed by atoms with Gasteiger partial charge in [-0.25, -0.2) is 0 Å². The topological polar surface area (TPSA) is 46.6 Å². The summed E-state index contributed by atoms with van der Waals surface area (Å²) in [6.07, 6.45) is 1.95. The van der Waals surface area contributed by atoms with Gasteiger partial charge in [-0.15, -0.1) is 0 Å². The Bertz CT molecular complexity index is 219. The summed E-state index contributed by atoms with van der Waals surface area (Å²) in [5, 5.41) is 0. The largest absolute Gasteiger partial charge is 0.469 e. The third-order valence-electron chi connectivity index (χ3n) is 2.66. The highest BCUT2D eigenvalue weighted by Gasteiger charge is 2.21. The molecule has 1 fully saturated rings. The highest BCUT2D eigenvalue weighted by molar-refractivity contribution is 5.94. The van der Waals surface area contributed by atoms with Gasteiger partial charge in [0.15, 0.2) is 0 Å². The fourth-order valence-corrected chi connectivity index (χ4v) is 1.57. The molecule has 1 aliphatic rings. The van der Waals surface area contributed by atoms with Crippen LogP contribution in [0, 0.1) is 5.92 Å². The molecular formula is C10H17NO3. The van der Waals surface area contributed by atoms with Crippen molar-refractivity contribution in [3.8, 4) is 0 Å². The fourth-order valence-electron chi connectivity index (χ4n) is 1.57. The Balaban J connectivity index is 2.34. The second-order valence-corrected chi connectivity index (χ2v) is 3.82. The van der Waals surface area contributed by atoms with Crippen LogP contribution < -0.4 is 0 Å². The Morgan fingerprint density at radius 3 is 2.43 bits per heavy atom. The average molecular weight is 199 g/mol. The fraction of sp³-hybridized carbons (Fsp3) is 0.800. The Hall–Kier alpha value is -1.06. The summed E-state index contributed by atoms with van der Waals surface area (Å²) in [6.45, 7) is 3.73. The number of hydrogen-bond donors (Lipinski definition) is 0. The van der Waals surface area contributed by atoms with E-state index in [0.29, 0.717) is 5.92 Å². The minimum absolute atomic E-state index is 0.108. The monoisotopic (exact) mass is 199 g/mol. The second kappa shape index (κ2) is 4.98. The Labute approximate surface area is 84.2 Å². The SMILES string of the molecule is COC(=O)CC(=O)N1CCC(C)CC1. The second-order valence-electron chi connectivity index (χ2n) is 3.82. The molecule has 4 heteroatoms. The molecule has 14 heavy (non-hydrogen) atoms. The smallest absolute Gasteiger partial charge is 0.315 e. The lowest BCUT2D eigenvalue weighted by Gasteiger charge is -2.29. The summed E-state index contributed by atoms with van der Waals surface area (Å²) in [6, 6.07) is 0. The number of esters is 1. The van der Waals surface area contributed by atoms with Crippen molar-refractivity contribution in [2.45, 2.75) is 26.2 Å². The first-order chi connectivity index (χ1) is 6.63. The minimum atomic E-state index is -0.450. The summed E-state index contributed by atoms with van der Waals surface area (Å²) >= 11 is 0. The van der Waals surface area contributed by atoms with E-state index in [0.717, 1.165) is 25.9 Å². The number of piperidine rings is 1. The normalized spacial score (nSPS) is 18.0. The van der Waals surface area contributed by atoms with Crippen LogP contribution in [0.3, 0.4) is 0 Å². The van der Waals surface area contributed by atoms with Crippen molar-refractivity contribution in [2.75, 3.05) is 20.2 Å². The van der Waals surface area contributed by atoms with Gasteiger partial charge in [-0.1, -0.05) is 6.92 Å².